The number of benzene rings is 2. The van der Waals surface area contributed by atoms with Crippen LogP contribution in [0.5, 0.6) is 0 Å². The van der Waals surface area contributed by atoms with Gasteiger partial charge in [-0.3, -0.25) is 0 Å². The van der Waals surface area contributed by atoms with E-state index in [-0.39, 0.29) is 10.6 Å². The van der Waals surface area contributed by atoms with Gasteiger partial charge in [-0.15, -0.1) is 0 Å². The summed E-state index contributed by atoms with van der Waals surface area (Å²) < 4.78 is 25.0. The smallest absolute Gasteiger partial charge is 0.186 e. The van der Waals surface area contributed by atoms with E-state index in [0.29, 0.717) is 5.56 Å². The van der Waals surface area contributed by atoms with Gasteiger partial charge in [0, 0.05) is 5.56 Å². The molecule has 2 aromatic rings. The Morgan fingerprint density at radius 2 is 1.50 bits per heavy atom. The van der Waals surface area contributed by atoms with Crippen LogP contribution in [0.4, 0.5) is 0 Å². The lowest BCUT2D eigenvalue weighted by atomic mass is 10.1. The van der Waals surface area contributed by atoms with Gasteiger partial charge in [0.1, 0.15) is 11.0 Å². The van der Waals surface area contributed by atoms with E-state index in [0.717, 1.165) is 0 Å². The van der Waals surface area contributed by atoms with Crippen LogP contribution in [0.25, 0.3) is 0 Å². The maximum absolute atomic E-state index is 12.5. The molecule has 2 aromatic carbocycles. The van der Waals surface area contributed by atoms with Crippen LogP contribution >= 0.6 is 0 Å². The van der Waals surface area contributed by atoms with E-state index in [1.807, 2.05) is 6.07 Å². The molecule has 20 heavy (non-hydrogen) atoms. The summed E-state index contributed by atoms with van der Waals surface area (Å²) in [6.45, 7) is 1.52. The molecule has 0 aromatic heterocycles. The largest absolute Gasteiger partial charge is 0.411 e. The van der Waals surface area contributed by atoms with E-state index < -0.39 is 15.1 Å². The van der Waals surface area contributed by atoms with Crippen molar-refractivity contribution in [2.75, 3.05) is 0 Å². The predicted octanol–water partition coefficient (Wildman–Crippen LogP) is 2.73. The summed E-state index contributed by atoms with van der Waals surface area (Å²) in [5, 5.41) is 11.4. The van der Waals surface area contributed by atoms with E-state index in [4.69, 9.17) is 0 Å². The second kappa shape index (κ2) is 5.88. The standard InChI is InChI=1S/C15H15NO3S/c1-12(15(16-17)13-8-4-2-5-9-13)20(18,19)14-10-6-3-7-11-14/h2-12,17H,1H3/b16-15-. The fourth-order valence-corrected chi connectivity index (χ4v) is 3.37. The molecule has 0 saturated heterocycles. The molecule has 0 aliphatic carbocycles. The van der Waals surface area contributed by atoms with Crippen molar-refractivity contribution in [1.82, 2.24) is 0 Å². The summed E-state index contributed by atoms with van der Waals surface area (Å²) in [4.78, 5) is 0.213. The van der Waals surface area contributed by atoms with Crippen LogP contribution in [0.2, 0.25) is 0 Å². The maximum atomic E-state index is 12.5. The highest BCUT2D eigenvalue weighted by Crippen LogP contribution is 2.19. The summed E-state index contributed by atoms with van der Waals surface area (Å²) in [5.41, 5.74) is 0.719. The van der Waals surface area contributed by atoms with Crippen LogP contribution in [-0.2, 0) is 9.84 Å². The molecule has 2 rings (SSSR count). The molecule has 4 nitrogen and oxygen atoms in total. The highest BCUT2D eigenvalue weighted by atomic mass is 32.2. The maximum Gasteiger partial charge on any atom is 0.186 e. The zero-order chi connectivity index (χ0) is 14.6. The topological polar surface area (TPSA) is 66.7 Å². The summed E-state index contributed by atoms with van der Waals surface area (Å²) in [5.74, 6) is 0. The monoisotopic (exact) mass is 289 g/mol. The highest BCUT2D eigenvalue weighted by molar-refractivity contribution is 7.92. The Bertz CT molecular complexity index is 694. The zero-order valence-electron chi connectivity index (χ0n) is 11.0. The summed E-state index contributed by atoms with van der Waals surface area (Å²) in [6.07, 6.45) is 0. The van der Waals surface area contributed by atoms with E-state index in [2.05, 4.69) is 5.16 Å². The van der Waals surface area contributed by atoms with Crippen LogP contribution in [0.3, 0.4) is 0 Å². The quantitative estimate of drug-likeness (QED) is 0.534. The summed E-state index contributed by atoms with van der Waals surface area (Å²) >= 11 is 0. The van der Waals surface area contributed by atoms with Gasteiger partial charge in [0.05, 0.1) is 4.90 Å². The minimum atomic E-state index is -3.59. The lowest BCUT2D eigenvalue weighted by molar-refractivity contribution is 0.318. The average molecular weight is 289 g/mol. The number of sulfone groups is 1. The third-order valence-corrected chi connectivity index (χ3v) is 5.18. The molecule has 0 saturated carbocycles. The van der Waals surface area contributed by atoms with Gasteiger partial charge in [0.15, 0.2) is 9.84 Å². The van der Waals surface area contributed by atoms with E-state index in [1.54, 1.807) is 42.5 Å². The van der Waals surface area contributed by atoms with Gasteiger partial charge in [-0.25, -0.2) is 8.42 Å². The van der Waals surface area contributed by atoms with Crippen LogP contribution in [0, 0.1) is 0 Å². The molecule has 5 heteroatoms. The number of rotatable bonds is 4. The Morgan fingerprint density at radius 3 is 2.00 bits per heavy atom. The van der Waals surface area contributed by atoms with E-state index >= 15 is 0 Å². The molecule has 0 aliphatic heterocycles. The molecule has 1 N–H and O–H groups in total. The molecule has 104 valence electrons. The van der Waals surface area contributed by atoms with Gasteiger partial charge < -0.3 is 5.21 Å². The lowest BCUT2D eigenvalue weighted by Crippen LogP contribution is -2.28. The molecule has 0 radical (unpaired) electrons. The second-order valence-corrected chi connectivity index (χ2v) is 6.62. The first-order valence-electron chi connectivity index (χ1n) is 6.13. The van der Waals surface area contributed by atoms with Gasteiger partial charge >= 0.3 is 0 Å². The van der Waals surface area contributed by atoms with Crippen molar-refractivity contribution >= 4 is 15.5 Å². The van der Waals surface area contributed by atoms with Crippen LogP contribution < -0.4 is 0 Å². The van der Waals surface area contributed by atoms with Crippen molar-refractivity contribution in [1.29, 1.82) is 0 Å². The molecular formula is C15H15NO3S. The van der Waals surface area contributed by atoms with Crippen molar-refractivity contribution < 1.29 is 13.6 Å². The van der Waals surface area contributed by atoms with Crippen molar-refractivity contribution in [3.8, 4) is 0 Å². The highest BCUT2D eigenvalue weighted by Gasteiger charge is 2.29. The first kappa shape index (κ1) is 14.3. The van der Waals surface area contributed by atoms with Gasteiger partial charge in [0.25, 0.3) is 0 Å². The molecule has 0 aliphatic rings. The molecule has 1 unspecified atom stereocenters. The van der Waals surface area contributed by atoms with Crippen LogP contribution in [0.1, 0.15) is 12.5 Å². The van der Waals surface area contributed by atoms with E-state index in [1.165, 1.54) is 19.1 Å². The Hall–Kier alpha value is -2.14. The molecule has 0 amide bonds. The number of nitrogens with zero attached hydrogens (tertiary/aromatic N) is 1. The molecule has 0 bridgehead atoms. The minimum absolute atomic E-state index is 0.134. The first-order valence-corrected chi connectivity index (χ1v) is 7.68. The SMILES string of the molecule is CC(/C(=N/O)c1ccccc1)S(=O)(=O)c1ccccc1. The molecule has 0 fully saturated rings. The Kier molecular flexibility index (Phi) is 4.20. The molecule has 0 heterocycles. The molecule has 0 spiro atoms. The zero-order valence-corrected chi connectivity index (χ0v) is 11.8. The van der Waals surface area contributed by atoms with Crippen molar-refractivity contribution in [2.45, 2.75) is 17.1 Å². The summed E-state index contributed by atoms with van der Waals surface area (Å²) in [7, 11) is -3.59. The molecule has 1 atom stereocenters. The molecular weight excluding hydrogens is 274 g/mol. The average Bonchev–Trinajstić information content (AvgIpc) is 2.50. The van der Waals surface area contributed by atoms with Crippen molar-refractivity contribution in [3.05, 3.63) is 66.2 Å². The van der Waals surface area contributed by atoms with E-state index in [9.17, 15) is 13.6 Å². The predicted molar refractivity (Wildman–Crippen MR) is 77.9 cm³/mol. The Morgan fingerprint density at radius 1 is 1.00 bits per heavy atom. The number of hydrogen-bond donors (Lipinski definition) is 1. The van der Waals surface area contributed by atoms with Crippen LogP contribution in [0.15, 0.2) is 70.7 Å². The normalized spacial score (nSPS) is 13.9. The first-order chi connectivity index (χ1) is 9.57. The van der Waals surface area contributed by atoms with Gasteiger partial charge in [-0.05, 0) is 19.1 Å². The van der Waals surface area contributed by atoms with Crippen molar-refractivity contribution in [2.24, 2.45) is 5.16 Å². The Balaban J connectivity index is 2.43. The van der Waals surface area contributed by atoms with Gasteiger partial charge in [0.2, 0.25) is 0 Å². The number of oxime groups is 1. The number of hydrogen-bond acceptors (Lipinski definition) is 4. The lowest BCUT2D eigenvalue weighted by Gasteiger charge is -2.14. The fourth-order valence-electron chi connectivity index (χ4n) is 1.94. The van der Waals surface area contributed by atoms with Gasteiger partial charge in [-0.2, -0.15) is 0 Å². The van der Waals surface area contributed by atoms with Crippen LogP contribution in [-0.4, -0.2) is 24.6 Å². The second-order valence-electron chi connectivity index (χ2n) is 4.35. The Labute approximate surface area is 118 Å². The third-order valence-electron chi connectivity index (χ3n) is 3.10. The fraction of sp³-hybridized carbons (Fsp3) is 0.133. The van der Waals surface area contributed by atoms with Crippen molar-refractivity contribution in [3.63, 3.8) is 0 Å². The third kappa shape index (κ3) is 2.72. The summed E-state index contributed by atoms with van der Waals surface area (Å²) in [6, 6.07) is 16.9. The minimum Gasteiger partial charge on any atom is -0.411 e. The van der Waals surface area contributed by atoms with Gasteiger partial charge in [-0.1, -0.05) is 53.7 Å².